The minimum absolute atomic E-state index is 0.0440. The number of nitrogens with zero attached hydrogens (tertiary/aromatic N) is 1. The Hall–Kier alpha value is -4.42. The zero-order valence-electron chi connectivity index (χ0n) is 24.6. The van der Waals surface area contributed by atoms with Crippen molar-refractivity contribution in [3.05, 3.63) is 119 Å². The topological polar surface area (TPSA) is 150 Å². The van der Waals surface area contributed by atoms with Crippen molar-refractivity contribution in [1.82, 2.24) is 0 Å². The summed E-state index contributed by atoms with van der Waals surface area (Å²) in [6.07, 6.45) is 1.54. The number of benzene rings is 3. The van der Waals surface area contributed by atoms with Crippen LogP contribution in [0.25, 0.3) is 0 Å². The monoisotopic (exact) mass is 628 g/mol. The van der Waals surface area contributed by atoms with Crippen molar-refractivity contribution in [2.75, 3.05) is 22.1 Å². The second-order valence-electron chi connectivity index (χ2n) is 10.7. The molecule has 0 saturated carbocycles. The number of aliphatic hydroxyl groups excluding tert-OH is 1. The molecule has 3 aromatic carbocycles. The number of carbonyl (C=O) groups is 2. The molecule has 5 rings (SSSR count). The lowest BCUT2D eigenvalue weighted by Gasteiger charge is -2.36. The fourth-order valence-electron chi connectivity index (χ4n) is 4.95. The Morgan fingerprint density at radius 1 is 0.911 bits per heavy atom. The van der Waals surface area contributed by atoms with Gasteiger partial charge in [-0.3, -0.25) is 9.59 Å². The van der Waals surface area contributed by atoms with Gasteiger partial charge in [0.1, 0.15) is 0 Å². The molecule has 2 amide bonds. The van der Waals surface area contributed by atoms with E-state index in [0.29, 0.717) is 40.7 Å². The van der Waals surface area contributed by atoms with E-state index in [1.165, 1.54) is 18.0 Å². The smallest absolute Gasteiger partial charge is 0.251 e. The molecule has 5 N–H and O–H groups in total. The minimum atomic E-state index is -0.715. The summed E-state index contributed by atoms with van der Waals surface area (Å²) in [5, 5.41) is 27.9. The fraction of sp³-hybridized carbons (Fsp3) is 0.265. The third kappa shape index (κ3) is 9.05. The largest absolute Gasteiger partial charge is 0.618 e. The van der Waals surface area contributed by atoms with Crippen molar-refractivity contribution in [3.8, 4) is 0 Å². The highest BCUT2D eigenvalue weighted by Crippen LogP contribution is 2.39. The molecule has 3 atom stereocenters. The standard InChI is InChI=1S/C34H36N4O6S/c35-28-9-1-2-10-29(28)37-32(41)12-6-11-31(40)36-26-8-5-7-25(19-26)34-43-27(22-45-33-13-3-4-18-38(33)42)20-30(44-34)24-16-14-23(21-39)15-17-24/h1-5,7-10,13-19,27,30,34,39H,6,11-12,20-22,35H2,(H,36,40)(H,37,41)/t27-,30+,34+/m0/s1. The average Bonchev–Trinajstić information content (AvgIpc) is 3.05. The Balaban J connectivity index is 1.21. The number of aromatic nitrogens is 1. The van der Waals surface area contributed by atoms with Gasteiger partial charge in [0.05, 0.1) is 30.2 Å². The molecule has 4 aromatic rings. The number of aliphatic hydroxyl groups is 1. The van der Waals surface area contributed by atoms with Crippen LogP contribution in [0, 0.1) is 5.21 Å². The van der Waals surface area contributed by atoms with Crippen LogP contribution in [0.3, 0.4) is 0 Å². The van der Waals surface area contributed by atoms with Crippen LogP contribution in [-0.4, -0.2) is 28.8 Å². The van der Waals surface area contributed by atoms with Gasteiger partial charge in [0.15, 0.2) is 12.5 Å². The summed E-state index contributed by atoms with van der Waals surface area (Å²) in [7, 11) is 0. The third-order valence-corrected chi connectivity index (χ3v) is 8.46. The van der Waals surface area contributed by atoms with Gasteiger partial charge in [-0.2, -0.15) is 4.73 Å². The predicted molar refractivity (Wildman–Crippen MR) is 173 cm³/mol. The van der Waals surface area contributed by atoms with Crippen LogP contribution in [0.1, 0.15) is 54.8 Å². The van der Waals surface area contributed by atoms with Gasteiger partial charge in [-0.05, 0) is 47.9 Å². The lowest BCUT2D eigenvalue weighted by molar-refractivity contribution is -0.645. The van der Waals surface area contributed by atoms with E-state index >= 15 is 0 Å². The highest BCUT2D eigenvalue weighted by Gasteiger charge is 2.33. The Morgan fingerprint density at radius 2 is 1.67 bits per heavy atom. The highest BCUT2D eigenvalue weighted by atomic mass is 32.2. The first-order chi connectivity index (χ1) is 21.9. The fourth-order valence-corrected chi connectivity index (χ4v) is 5.88. The van der Waals surface area contributed by atoms with Gasteiger partial charge in [0.25, 0.3) is 5.03 Å². The lowest BCUT2D eigenvalue weighted by Crippen LogP contribution is -2.32. The van der Waals surface area contributed by atoms with Gasteiger partial charge < -0.3 is 36.2 Å². The van der Waals surface area contributed by atoms with Gasteiger partial charge in [-0.25, -0.2) is 0 Å². The van der Waals surface area contributed by atoms with E-state index in [2.05, 4.69) is 10.6 Å². The summed E-state index contributed by atoms with van der Waals surface area (Å²) >= 11 is 1.42. The molecule has 0 aliphatic carbocycles. The summed E-state index contributed by atoms with van der Waals surface area (Å²) in [5.74, 6) is 0.118. The van der Waals surface area contributed by atoms with E-state index in [1.54, 1.807) is 42.5 Å². The quantitative estimate of drug-likeness (QED) is 0.0697. The van der Waals surface area contributed by atoms with Crippen molar-refractivity contribution in [2.45, 2.75) is 55.8 Å². The van der Waals surface area contributed by atoms with Crippen LogP contribution < -0.4 is 21.1 Å². The number of hydrogen-bond acceptors (Lipinski definition) is 8. The molecule has 1 aromatic heterocycles. The van der Waals surface area contributed by atoms with E-state index in [0.717, 1.165) is 21.4 Å². The molecular formula is C34H36N4O6S. The Morgan fingerprint density at radius 3 is 2.42 bits per heavy atom. The highest BCUT2D eigenvalue weighted by molar-refractivity contribution is 7.99. The second kappa shape index (κ2) is 15.5. The number of nitrogens with one attached hydrogen (secondary N) is 2. The average molecular weight is 629 g/mol. The molecule has 0 bridgehead atoms. The van der Waals surface area contributed by atoms with E-state index in [1.807, 2.05) is 48.5 Å². The summed E-state index contributed by atoms with van der Waals surface area (Å²) in [6.45, 7) is -0.0440. The molecule has 45 heavy (non-hydrogen) atoms. The first kappa shape index (κ1) is 32.0. The van der Waals surface area contributed by atoms with E-state index in [9.17, 15) is 19.9 Å². The van der Waals surface area contributed by atoms with Gasteiger partial charge in [0.2, 0.25) is 11.8 Å². The number of nitrogen functional groups attached to an aromatic ring is 1. The zero-order chi connectivity index (χ0) is 31.6. The predicted octanol–water partition coefficient (Wildman–Crippen LogP) is 5.48. The molecular weight excluding hydrogens is 592 g/mol. The van der Waals surface area contributed by atoms with Gasteiger partial charge in [-0.1, -0.05) is 60.3 Å². The normalized spacial score (nSPS) is 17.8. The number of anilines is 3. The van der Waals surface area contributed by atoms with Crippen molar-refractivity contribution in [3.63, 3.8) is 0 Å². The van der Waals surface area contributed by atoms with Crippen LogP contribution in [-0.2, 0) is 25.7 Å². The van der Waals surface area contributed by atoms with E-state index in [-0.39, 0.29) is 43.5 Å². The number of hydrogen-bond donors (Lipinski definition) is 4. The van der Waals surface area contributed by atoms with E-state index in [4.69, 9.17) is 15.2 Å². The van der Waals surface area contributed by atoms with Crippen LogP contribution in [0.4, 0.5) is 17.1 Å². The van der Waals surface area contributed by atoms with E-state index < -0.39 is 6.29 Å². The lowest BCUT2D eigenvalue weighted by atomic mass is 10.0. The number of amides is 2. The van der Waals surface area contributed by atoms with Crippen molar-refractivity contribution < 1.29 is 28.9 Å². The van der Waals surface area contributed by atoms with Crippen LogP contribution in [0.5, 0.6) is 0 Å². The molecule has 11 heteroatoms. The molecule has 1 saturated heterocycles. The molecule has 1 fully saturated rings. The molecule has 0 unspecified atom stereocenters. The molecule has 1 aliphatic rings. The number of pyridine rings is 1. The minimum Gasteiger partial charge on any atom is -0.618 e. The number of ether oxygens (including phenoxy) is 2. The number of nitrogens with two attached hydrogens (primary N) is 1. The van der Waals surface area contributed by atoms with Crippen LogP contribution in [0.15, 0.2) is 102 Å². The summed E-state index contributed by atoms with van der Waals surface area (Å²) < 4.78 is 13.6. The Labute approximate surface area is 266 Å². The first-order valence-corrected chi connectivity index (χ1v) is 15.7. The maximum Gasteiger partial charge on any atom is 0.251 e. The summed E-state index contributed by atoms with van der Waals surface area (Å²) in [5.41, 5.74) is 10.00. The zero-order valence-corrected chi connectivity index (χ0v) is 25.5. The van der Waals surface area contributed by atoms with Gasteiger partial charge >= 0.3 is 0 Å². The maximum atomic E-state index is 12.7. The van der Waals surface area contributed by atoms with Crippen LogP contribution in [0.2, 0.25) is 0 Å². The maximum absolute atomic E-state index is 12.7. The molecule has 2 heterocycles. The van der Waals surface area contributed by atoms with Gasteiger partial charge in [-0.15, -0.1) is 0 Å². The SMILES string of the molecule is Nc1ccccc1NC(=O)CCCC(=O)Nc1cccc([C@@H]2O[C@H](CSc3cccc[n+]3[O-])C[C@H](c3ccc(CO)cc3)O2)c1. The Bertz CT molecular complexity index is 1600. The number of para-hydroxylation sites is 2. The molecule has 10 nitrogen and oxygen atoms in total. The first-order valence-electron chi connectivity index (χ1n) is 14.7. The van der Waals surface area contributed by atoms with Crippen molar-refractivity contribution in [2.24, 2.45) is 0 Å². The number of thioether (sulfide) groups is 1. The molecule has 0 spiro atoms. The number of rotatable bonds is 12. The second-order valence-corrected chi connectivity index (χ2v) is 11.7. The molecule has 234 valence electrons. The third-order valence-electron chi connectivity index (χ3n) is 7.31. The van der Waals surface area contributed by atoms with Crippen LogP contribution >= 0.6 is 11.8 Å². The number of carbonyl (C=O) groups excluding carboxylic acids is 2. The Kier molecular flexibility index (Phi) is 11.0. The van der Waals surface area contributed by atoms with Crippen molar-refractivity contribution >= 4 is 40.6 Å². The molecule has 1 aliphatic heterocycles. The summed E-state index contributed by atoms with van der Waals surface area (Å²) in [6, 6.07) is 27.2. The van der Waals surface area contributed by atoms with Gasteiger partial charge in [0, 0.05) is 48.4 Å². The summed E-state index contributed by atoms with van der Waals surface area (Å²) in [4.78, 5) is 25.0. The molecule has 0 radical (unpaired) electrons. The van der Waals surface area contributed by atoms with Crippen molar-refractivity contribution in [1.29, 1.82) is 0 Å².